The normalized spacial score (nSPS) is 27.0. The van der Waals surface area contributed by atoms with Gasteiger partial charge in [0.2, 0.25) is 5.91 Å². The summed E-state index contributed by atoms with van der Waals surface area (Å²) < 4.78 is 38.8. The summed E-state index contributed by atoms with van der Waals surface area (Å²) in [4.78, 5) is 40.1. The van der Waals surface area contributed by atoms with Crippen molar-refractivity contribution >= 4 is 18.0 Å². The summed E-state index contributed by atoms with van der Waals surface area (Å²) in [6, 6.07) is 2.11. The van der Waals surface area contributed by atoms with Gasteiger partial charge in [-0.1, -0.05) is 0 Å². The van der Waals surface area contributed by atoms with E-state index in [2.05, 4.69) is 21.3 Å². The van der Waals surface area contributed by atoms with Crippen LogP contribution in [-0.4, -0.2) is 70.4 Å². The predicted molar refractivity (Wildman–Crippen MR) is 164 cm³/mol. The largest absolute Gasteiger partial charge is 0.444 e. The number of benzene rings is 1. The number of fused-ring (bicyclic) bond motifs is 1. The summed E-state index contributed by atoms with van der Waals surface area (Å²) in [5, 5.41) is 12.7. The van der Waals surface area contributed by atoms with Gasteiger partial charge in [0, 0.05) is 30.7 Å². The number of carbonyl (C=O) groups is 3. The summed E-state index contributed by atoms with van der Waals surface area (Å²) in [6.07, 6.45) is 4.07. The molecule has 1 aromatic carbocycles. The third-order valence-electron chi connectivity index (χ3n) is 9.66. The maximum absolute atomic E-state index is 13.7. The van der Waals surface area contributed by atoms with Crippen molar-refractivity contribution in [3.05, 3.63) is 34.9 Å². The topological polar surface area (TPSA) is 121 Å². The molecule has 12 heteroatoms. The molecule has 1 aliphatic heterocycles. The molecule has 4 saturated carbocycles. The van der Waals surface area contributed by atoms with Gasteiger partial charge in [-0.15, -0.1) is 0 Å². The lowest BCUT2D eigenvalue weighted by molar-refractivity contribution is -0.131. The van der Waals surface area contributed by atoms with Crippen molar-refractivity contribution in [1.82, 2.24) is 26.2 Å². The van der Waals surface area contributed by atoms with E-state index in [4.69, 9.17) is 9.47 Å². The van der Waals surface area contributed by atoms with E-state index in [1.54, 1.807) is 25.7 Å². The van der Waals surface area contributed by atoms with Gasteiger partial charge in [-0.25, -0.2) is 18.4 Å². The fourth-order valence-corrected chi connectivity index (χ4v) is 7.85. The average molecular weight is 634 g/mol. The number of nitrogens with zero attached hydrogens (tertiary/aromatic N) is 1. The molecular weight excluding hydrogens is 584 g/mol. The molecule has 0 aromatic heterocycles. The van der Waals surface area contributed by atoms with Gasteiger partial charge in [0.15, 0.2) is 11.6 Å². The number of hydrogen-bond donors (Lipinski definition) is 4. The molecule has 250 valence electrons. The second-order valence-electron chi connectivity index (χ2n) is 16.0. The maximum atomic E-state index is 13.7. The van der Waals surface area contributed by atoms with Crippen molar-refractivity contribution in [1.29, 1.82) is 0 Å². The molecule has 6 rings (SSSR count). The highest BCUT2D eigenvalue weighted by atomic mass is 19.2. The summed E-state index contributed by atoms with van der Waals surface area (Å²) in [7, 11) is 0. The van der Waals surface area contributed by atoms with Crippen LogP contribution in [0.4, 0.5) is 18.4 Å². The van der Waals surface area contributed by atoms with Crippen LogP contribution in [0.5, 0.6) is 0 Å². The van der Waals surface area contributed by atoms with Gasteiger partial charge < -0.3 is 35.6 Å². The number of amides is 4. The van der Waals surface area contributed by atoms with Crippen LogP contribution in [0.15, 0.2) is 12.1 Å². The number of nitrogens with one attached hydrogen (secondary N) is 4. The molecule has 1 heterocycles. The van der Waals surface area contributed by atoms with Gasteiger partial charge in [0.25, 0.3) is 0 Å². The number of carbonyl (C=O) groups excluding carboxylic acids is 3. The van der Waals surface area contributed by atoms with E-state index in [0.29, 0.717) is 23.0 Å². The average Bonchev–Trinajstić information content (AvgIpc) is 3.48. The van der Waals surface area contributed by atoms with E-state index >= 15 is 0 Å². The Bertz CT molecular complexity index is 1320. The first-order chi connectivity index (χ1) is 20.8. The zero-order valence-corrected chi connectivity index (χ0v) is 27.6. The van der Waals surface area contributed by atoms with Crippen molar-refractivity contribution in [2.75, 3.05) is 19.7 Å². The van der Waals surface area contributed by atoms with Gasteiger partial charge in [-0.3, -0.25) is 4.79 Å². The Morgan fingerprint density at radius 1 is 0.978 bits per heavy atom. The summed E-state index contributed by atoms with van der Waals surface area (Å²) in [5.74, 6) is -1.09. The molecule has 0 radical (unpaired) electrons. The quantitative estimate of drug-likeness (QED) is 0.301. The number of alkyl carbamates (subject to hydrolysis) is 1. The van der Waals surface area contributed by atoms with E-state index in [0.717, 1.165) is 32.1 Å². The maximum Gasteiger partial charge on any atom is 0.408 e. The summed E-state index contributed by atoms with van der Waals surface area (Å²) in [5.41, 5.74) is -1.24. The highest BCUT2D eigenvalue weighted by Gasteiger charge is 2.64. The second-order valence-corrected chi connectivity index (χ2v) is 16.0. The zero-order chi connectivity index (χ0) is 33.0. The Morgan fingerprint density at radius 3 is 2.24 bits per heavy atom. The van der Waals surface area contributed by atoms with Crippen LogP contribution in [0, 0.1) is 23.5 Å². The molecule has 1 aromatic rings. The first kappa shape index (κ1) is 33.4. The molecule has 45 heavy (non-hydrogen) atoms. The van der Waals surface area contributed by atoms with E-state index in [9.17, 15) is 23.2 Å². The van der Waals surface area contributed by atoms with Crippen molar-refractivity contribution in [2.24, 2.45) is 11.8 Å². The first-order valence-corrected chi connectivity index (χ1v) is 16.0. The number of hydrogen-bond acceptors (Lipinski definition) is 6. The molecule has 4 atom stereocenters. The van der Waals surface area contributed by atoms with Crippen LogP contribution < -0.4 is 21.3 Å². The Balaban J connectivity index is 1.09. The number of halogens is 2. The fourth-order valence-electron chi connectivity index (χ4n) is 7.85. The molecule has 4 N–H and O–H groups in total. The fraction of sp³-hybridized carbons (Fsp3) is 0.727. The molecular formula is C33H49F2N5O5. The minimum absolute atomic E-state index is 0.101. The zero-order valence-electron chi connectivity index (χ0n) is 27.6. The molecule has 10 nitrogen and oxygen atoms in total. The SMILES string of the molecule is CC(C)(COC(C)(C)CNC(=O)NC12CC3CC1CC(NCC(=O)N1Cc4cc(F)c(F)cc4C1)(C3)C2)NC(=O)OC(C)(C)C. The Hall–Kier alpha value is -2.99. The predicted octanol–water partition coefficient (Wildman–Crippen LogP) is 4.50. The molecule has 4 fully saturated rings. The van der Waals surface area contributed by atoms with Gasteiger partial charge in [-0.05, 0) is 116 Å². The van der Waals surface area contributed by atoms with Crippen LogP contribution in [0.1, 0.15) is 91.7 Å². The van der Waals surface area contributed by atoms with E-state index in [1.165, 1.54) is 12.1 Å². The third kappa shape index (κ3) is 7.70. The van der Waals surface area contributed by atoms with Crippen molar-refractivity contribution in [2.45, 2.75) is 121 Å². The minimum atomic E-state index is -0.895. The Morgan fingerprint density at radius 2 is 1.62 bits per heavy atom. The Kier molecular flexibility index (Phi) is 8.65. The van der Waals surface area contributed by atoms with Crippen LogP contribution in [-0.2, 0) is 27.4 Å². The molecule has 4 unspecified atom stereocenters. The molecule has 4 aliphatic carbocycles. The number of urea groups is 1. The first-order valence-electron chi connectivity index (χ1n) is 16.0. The van der Waals surface area contributed by atoms with Crippen LogP contribution in [0.2, 0.25) is 0 Å². The Labute approximate surface area is 264 Å². The van der Waals surface area contributed by atoms with Crippen molar-refractivity contribution in [3.8, 4) is 0 Å². The van der Waals surface area contributed by atoms with Gasteiger partial charge in [0.05, 0.1) is 24.3 Å². The van der Waals surface area contributed by atoms with E-state index in [-0.39, 0.29) is 55.8 Å². The highest BCUT2D eigenvalue weighted by Crippen LogP contribution is 2.62. The molecule has 5 aliphatic rings. The van der Waals surface area contributed by atoms with Crippen molar-refractivity contribution < 1.29 is 32.6 Å². The molecule has 0 saturated heterocycles. The van der Waals surface area contributed by atoms with Crippen LogP contribution >= 0.6 is 0 Å². The standard InChI is InChI=1S/C33H49F2N5O5/c1-29(2,3)45-28(43)39-30(4,5)19-44-31(6,7)18-36-27(42)38-33-12-20-8-23(33)13-32(11-20,17-33)37-14-26(41)40-15-21-9-24(34)25(35)10-22(21)16-40/h9-10,20,23,37H,8,11-19H2,1-7H3,(H,39,43)(H2,36,38,42). The van der Waals surface area contributed by atoms with Crippen LogP contribution in [0.25, 0.3) is 0 Å². The monoisotopic (exact) mass is 633 g/mol. The third-order valence-corrected chi connectivity index (χ3v) is 9.66. The van der Waals surface area contributed by atoms with E-state index < -0.39 is 34.5 Å². The van der Waals surface area contributed by atoms with Gasteiger partial charge in [0.1, 0.15) is 5.60 Å². The van der Waals surface area contributed by atoms with Gasteiger partial charge >= 0.3 is 12.1 Å². The van der Waals surface area contributed by atoms with Crippen molar-refractivity contribution in [3.63, 3.8) is 0 Å². The lowest BCUT2D eigenvalue weighted by Crippen LogP contribution is -2.58. The lowest BCUT2D eigenvalue weighted by Gasteiger charge is -2.42. The number of ether oxygens (including phenoxy) is 2. The van der Waals surface area contributed by atoms with E-state index in [1.807, 2.05) is 27.7 Å². The molecule has 0 spiro atoms. The van der Waals surface area contributed by atoms with Gasteiger partial charge in [-0.2, -0.15) is 0 Å². The lowest BCUT2D eigenvalue weighted by atomic mass is 9.74. The summed E-state index contributed by atoms with van der Waals surface area (Å²) in [6.45, 7) is 14.1. The molecule has 4 amide bonds. The smallest absolute Gasteiger partial charge is 0.408 e. The minimum Gasteiger partial charge on any atom is -0.444 e. The highest BCUT2D eigenvalue weighted by molar-refractivity contribution is 5.79. The second kappa shape index (κ2) is 11.7. The number of rotatable bonds is 10. The summed E-state index contributed by atoms with van der Waals surface area (Å²) >= 11 is 0. The van der Waals surface area contributed by atoms with Crippen LogP contribution in [0.3, 0.4) is 0 Å². The molecule has 4 bridgehead atoms.